The fraction of sp³-hybridized carbons (Fsp3) is 0.188. The molecule has 2 aromatic rings. The van der Waals surface area contributed by atoms with Gasteiger partial charge >= 0.3 is 0 Å². The largest absolute Gasteiger partial charge is 0.508 e. The van der Waals surface area contributed by atoms with Crippen LogP contribution in [0, 0.1) is 13.8 Å². The monoisotopic (exact) mass is 256 g/mol. The first-order valence-electron chi connectivity index (χ1n) is 6.08. The number of aromatic hydroxyl groups is 1. The molecule has 0 aliphatic rings. The van der Waals surface area contributed by atoms with E-state index in [-0.39, 0.29) is 0 Å². The number of carbonyl (C=O) groups excluding carboxylic acids is 1. The summed E-state index contributed by atoms with van der Waals surface area (Å²) in [5.74, 6) is 0.898. The maximum absolute atomic E-state index is 10.3. The lowest BCUT2D eigenvalue weighted by Crippen LogP contribution is -1.94. The lowest BCUT2D eigenvalue weighted by molar-refractivity contribution is -0.120. The normalized spacial score (nSPS) is 10.2. The van der Waals surface area contributed by atoms with Crippen molar-refractivity contribution in [2.75, 3.05) is 0 Å². The fourth-order valence-corrected chi connectivity index (χ4v) is 2.07. The van der Waals surface area contributed by atoms with E-state index in [9.17, 15) is 9.90 Å². The predicted octanol–water partition coefficient (Wildman–Crippen LogP) is 3.14. The Morgan fingerprint density at radius 1 is 1.05 bits per heavy atom. The zero-order valence-corrected chi connectivity index (χ0v) is 11.0. The molecule has 0 amide bonds. The first-order valence-corrected chi connectivity index (χ1v) is 6.08. The molecule has 0 radical (unpaired) electrons. The highest BCUT2D eigenvalue weighted by molar-refractivity contribution is 5.49. The van der Waals surface area contributed by atoms with Gasteiger partial charge in [0.05, 0.1) is 0 Å². The van der Waals surface area contributed by atoms with Crippen LogP contribution in [-0.2, 0) is 11.2 Å². The summed E-state index contributed by atoms with van der Waals surface area (Å²) in [6.07, 6.45) is 0.781. The van der Waals surface area contributed by atoms with E-state index in [1.54, 1.807) is 12.1 Å². The Balaban J connectivity index is 2.21. The molecule has 3 heteroatoms. The van der Waals surface area contributed by atoms with E-state index in [0.717, 1.165) is 28.7 Å². The van der Waals surface area contributed by atoms with Gasteiger partial charge in [0.15, 0.2) is 0 Å². The second kappa shape index (κ2) is 5.57. The van der Waals surface area contributed by atoms with Crippen LogP contribution in [0.15, 0.2) is 36.4 Å². The standard InChI is InChI=1S/C16H16O3/c1-11-7-13(3-5-15(11)18)9-14-4-6-16(19-10-17)12(2)8-14/h3-8,10,18H,9H2,1-2H3. The van der Waals surface area contributed by atoms with Gasteiger partial charge in [-0.25, -0.2) is 0 Å². The fourth-order valence-electron chi connectivity index (χ4n) is 2.07. The lowest BCUT2D eigenvalue weighted by Gasteiger charge is -2.08. The third-order valence-corrected chi connectivity index (χ3v) is 3.08. The number of rotatable bonds is 4. The second-order valence-corrected chi connectivity index (χ2v) is 4.61. The molecule has 0 unspecified atom stereocenters. The summed E-state index contributed by atoms with van der Waals surface area (Å²) >= 11 is 0. The summed E-state index contributed by atoms with van der Waals surface area (Å²) < 4.78 is 4.86. The zero-order chi connectivity index (χ0) is 13.8. The van der Waals surface area contributed by atoms with E-state index >= 15 is 0 Å². The maximum Gasteiger partial charge on any atom is 0.298 e. The molecule has 0 saturated heterocycles. The molecule has 3 nitrogen and oxygen atoms in total. The maximum atomic E-state index is 10.3. The van der Waals surface area contributed by atoms with Crippen molar-refractivity contribution in [3.8, 4) is 11.5 Å². The van der Waals surface area contributed by atoms with Crippen LogP contribution in [0.3, 0.4) is 0 Å². The molecule has 0 aromatic heterocycles. The van der Waals surface area contributed by atoms with E-state index < -0.39 is 0 Å². The molecule has 0 fully saturated rings. The number of hydrogen-bond acceptors (Lipinski definition) is 3. The molecule has 19 heavy (non-hydrogen) atoms. The highest BCUT2D eigenvalue weighted by Crippen LogP contribution is 2.22. The number of benzene rings is 2. The number of ether oxygens (including phenoxy) is 1. The average molecular weight is 256 g/mol. The highest BCUT2D eigenvalue weighted by atomic mass is 16.5. The van der Waals surface area contributed by atoms with Gasteiger partial charge in [-0.1, -0.05) is 24.3 Å². The van der Waals surface area contributed by atoms with Crippen molar-refractivity contribution in [2.24, 2.45) is 0 Å². The molecule has 0 spiro atoms. The van der Waals surface area contributed by atoms with Crippen molar-refractivity contribution >= 4 is 6.47 Å². The molecule has 2 aromatic carbocycles. The Bertz CT molecular complexity index is 603. The van der Waals surface area contributed by atoms with Crippen LogP contribution in [0.5, 0.6) is 11.5 Å². The Kier molecular flexibility index (Phi) is 3.85. The van der Waals surface area contributed by atoms with E-state index in [0.29, 0.717) is 18.0 Å². The highest BCUT2D eigenvalue weighted by Gasteiger charge is 2.03. The van der Waals surface area contributed by atoms with Gasteiger partial charge in [-0.2, -0.15) is 0 Å². The minimum Gasteiger partial charge on any atom is -0.508 e. The number of phenols is 1. The Hall–Kier alpha value is -2.29. The van der Waals surface area contributed by atoms with E-state index in [4.69, 9.17) is 4.74 Å². The van der Waals surface area contributed by atoms with E-state index in [1.807, 2.05) is 38.1 Å². The number of hydrogen-bond donors (Lipinski definition) is 1. The molecule has 1 N–H and O–H groups in total. The van der Waals surface area contributed by atoms with Crippen molar-refractivity contribution in [2.45, 2.75) is 20.3 Å². The summed E-state index contributed by atoms with van der Waals surface area (Å²) in [4.78, 5) is 10.3. The molecule has 0 aliphatic heterocycles. The van der Waals surface area contributed by atoms with Crippen LogP contribution in [0.2, 0.25) is 0 Å². The summed E-state index contributed by atoms with van der Waals surface area (Å²) in [5.41, 5.74) is 4.08. The molecular formula is C16H16O3. The number of aryl methyl sites for hydroxylation is 2. The van der Waals surface area contributed by atoms with Crippen molar-refractivity contribution < 1.29 is 14.6 Å². The minimum atomic E-state index is 0.315. The van der Waals surface area contributed by atoms with Gasteiger partial charge in [-0.3, -0.25) is 4.79 Å². The lowest BCUT2D eigenvalue weighted by atomic mass is 10.0. The summed E-state index contributed by atoms with van der Waals surface area (Å²) in [6, 6.07) is 11.3. The van der Waals surface area contributed by atoms with E-state index in [1.165, 1.54) is 0 Å². The Labute approximate surface area is 112 Å². The van der Waals surface area contributed by atoms with Gasteiger partial charge in [0.25, 0.3) is 6.47 Å². The van der Waals surface area contributed by atoms with Crippen molar-refractivity contribution in [1.82, 2.24) is 0 Å². The topological polar surface area (TPSA) is 46.5 Å². The van der Waals surface area contributed by atoms with Crippen LogP contribution >= 0.6 is 0 Å². The van der Waals surface area contributed by atoms with Gasteiger partial charge in [0.2, 0.25) is 0 Å². The minimum absolute atomic E-state index is 0.315. The molecular weight excluding hydrogens is 240 g/mol. The molecule has 2 rings (SSSR count). The molecule has 0 saturated carbocycles. The molecule has 98 valence electrons. The predicted molar refractivity (Wildman–Crippen MR) is 73.5 cm³/mol. The number of phenolic OH excluding ortho intramolecular Hbond substituents is 1. The van der Waals surface area contributed by atoms with Gasteiger partial charge in [-0.05, 0) is 54.7 Å². The van der Waals surface area contributed by atoms with Gasteiger partial charge in [0.1, 0.15) is 11.5 Å². The summed E-state index contributed by atoms with van der Waals surface area (Å²) in [5, 5.41) is 9.50. The van der Waals surface area contributed by atoms with Gasteiger partial charge in [-0.15, -0.1) is 0 Å². The third kappa shape index (κ3) is 3.13. The number of carbonyl (C=O) groups is 1. The third-order valence-electron chi connectivity index (χ3n) is 3.08. The molecule has 0 heterocycles. The van der Waals surface area contributed by atoms with Crippen molar-refractivity contribution in [1.29, 1.82) is 0 Å². The molecule has 0 bridgehead atoms. The van der Waals surface area contributed by atoms with Crippen molar-refractivity contribution in [3.63, 3.8) is 0 Å². The van der Waals surface area contributed by atoms with E-state index in [2.05, 4.69) is 0 Å². The van der Waals surface area contributed by atoms with Crippen LogP contribution in [0.1, 0.15) is 22.3 Å². The first kappa shape index (κ1) is 13.1. The van der Waals surface area contributed by atoms with Crippen LogP contribution < -0.4 is 4.74 Å². The van der Waals surface area contributed by atoms with Gasteiger partial charge < -0.3 is 9.84 Å². The van der Waals surface area contributed by atoms with Crippen LogP contribution in [0.4, 0.5) is 0 Å². The van der Waals surface area contributed by atoms with Crippen LogP contribution in [-0.4, -0.2) is 11.6 Å². The van der Waals surface area contributed by atoms with Crippen LogP contribution in [0.25, 0.3) is 0 Å². The zero-order valence-electron chi connectivity index (χ0n) is 11.0. The Morgan fingerprint density at radius 2 is 1.68 bits per heavy atom. The average Bonchev–Trinajstić information content (AvgIpc) is 2.37. The second-order valence-electron chi connectivity index (χ2n) is 4.61. The quantitative estimate of drug-likeness (QED) is 0.855. The SMILES string of the molecule is Cc1cc(Cc2ccc(OC=O)c(C)c2)ccc1O. The van der Waals surface area contributed by atoms with Crippen molar-refractivity contribution in [3.05, 3.63) is 58.7 Å². The molecule has 0 aliphatic carbocycles. The summed E-state index contributed by atoms with van der Waals surface area (Å²) in [7, 11) is 0. The van der Waals surface area contributed by atoms with Gasteiger partial charge in [0, 0.05) is 0 Å². The smallest absolute Gasteiger partial charge is 0.298 e. The Morgan fingerprint density at radius 3 is 2.26 bits per heavy atom. The first-order chi connectivity index (χ1) is 9.10. The molecule has 0 atom stereocenters. The summed E-state index contributed by atoms with van der Waals surface area (Å²) in [6.45, 7) is 4.22.